The van der Waals surface area contributed by atoms with E-state index in [0.29, 0.717) is 34.5 Å². The highest BCUT2D eigenvalue weighted by atomic mass is 16.5. The zero-order valence-electron chi connectivity index (χ0n) is 17.8. The molecule has 0 fully saturated rings. The van der Waals surface area contributed by atoms with Crippen LogP contribution in [-0.4, -0.2) is 29.1 Å². The molecule has 0 saturated heterocycles. The van der Waals surface area contributed by atoms with Gasteiger partial charge in [-0.1, -0.05) is 0 Å². The third-order valence-corrected chi connectivity index (χ3v) is 4.21. The molecule has 1 N–H and O–H groups in total. The van der Waals surface area contributed by atoms with Gasteiger partial charge in [0.25, 0.3) is 5.91 Å². The third kappa shape index (κ3) is 5.24. The average Bonchev–Trinajstić information content (AvgIpc) is 3.14. The number of benzene rings is 1. The number of anilines is 1. The van der Waals surface area contributed by atoms with E-state index in [1.54, 1.807) is 50.2 Å². The number of aryl methyl sites for hydroxylation is 1. The van der Waals surface area contributed by atoms with Crippen molar-refractivity contribution in [1.82, 2.24) is 4.98 Å². The fourth-order valence-corrected chi connectivity index (χ4v) is 2.88. The molecular weight excluding hydrogens is 384 g/mol. The third-order valence-electron chi connectivity index (χ3n) is 4.21. The molecule has 0 aliphatic rings. The van der Waals surface area contributed by atoms with Crippen LogP contribution < -0.4 is 5.32 Å². The number of esters is 1. The van der Waals surface area contributed by atoms with Crippen molar-refractivity contribution >= 4 is 28.5 Å². The highest BCUT2D eigenvalue weighted by Gasteiger charge is 2.16. The van der Waals surface area contributed by atoms with Crippen LogP contribution in [0, 0.1) is 6.92 Å². The molecule has 0 bridgehead atoms. The van der Waals surface area contributed by atoms with Crippen molar-refractivity contribution in [2.75, 3.05) is 5.32 Å². The van der Waals surface area contributed by atoms with Gasteiger partial charge in [0.2, 0.25) is 0 Å². The van der Waals surface area contributed by atoms with E-state index >= 15 is 0 Å². The van der Waals surface area contributed by atoms with Gasteiger partial charge in [0, 0.05) is 11.1 Å². The number of hydrogen-bond acceptors (Lipinski definition) is 6. The fraction of sp³-hybridized carbons (Fsp3) is 0.348. The second-order valence-corrected chi connectivity index (χ2v) is 7.58. The molecule has 0 atom stereocenters. The SMILES string of the molecule is Cc1cc(NC(=O)c2ccc(COC(C)C)o2)c2cc(C(=O)OC(C)C)ccc2n1. The zero-order chi connectivity index (χ0) is 21.8. The molecule has 1 amide bonds. The molecule has 0 aliphatic heterocycles. The number of rotatable bonds is 7. The number of fused-ring (bicyclic) bond motifs is 1. The Morgan fingerprint density at radius 2 is 1.83 bits per heavy atom. The van der Waals surface area contributed by atoms with E-state index in [1.165, 1.54) is 0 Å². The molecule has 0 radical (unpaired) electrons. The van der Waals surface area contributed by atoms with Gasteiger partial charge in [0.05, 0.1) is 29.0 Å². The molecule has 0 spiro atoms. The number of pyridine rings is 1. The normalized spacial score (nSPS) is 11.3. The van der Waals surface area contributed by atoms with Gasteiger partial charge in [-0.2, -0.15) is 0 Å². The van der Waals surface area contributed by atoms with E-state index in [-0.39, 0.29) is 18.0 Å². The second kappa shape index (κ2) is 9.09. The summed E-state index contributed by atoms with van der Waals surface area (Å²) in [4.78, 5) is 29.5. The quantitative estimate of drug-likeness (QED) is 0.558. The lowest BCUT2D eigenvalue weighted by molar-refractivity contribution is 0.0378. The molecule has 3 aromatic rings. The van der Waals surface area contributed by atoms with Crippen LogP contribution in [0.2, 0.25) is 0 Å². The lowest BCUT2D eigenvalue weighted by Crippen LogP contribution is -2.13. The fourth-order valence-electron chi connectivity index (χ4n) is 2.88. The minimum atomic E-state index is -0.425. The van der Waals surface area contributed by atoms with Crippen LogP contribution >= 0.6 is 0 Å². The molecule has 30 heavy (non-hydrogen) atoms. The van der Waals surface area contributed by atoms with Crippen LogP contribution in [0.5, 0.6) is 0 Å². The van der Waals surface area contributed by atoms with Crippen molar-refractivity contribution in [2.45, 2.75) is 53.4 Å². The average molecular weight is 410 g/mol. The Kier molecular flexibility index (Phi) is 6.52. The first-order valence-electron chi connectivity index (χ1n) is 9.87. The molecule has 1 aromatic carbocycles. The van der Waals surface area contributed by atoms with Crippen LogP contribution in [0.15, 0.2) is 40.8 Å². The van der Waals surface area contributed by atoms with Crippen LogP contribution in [0.3, 0.4) is 0 Å². The first-order valence-corrected chi connectivity index (χ1v) is 9.87. The van der Waals surface area contributed by atoms with Gasteiger partial charge in [-0.05, 0) is 71.0 Å². The largest absolute Gasteiger partial charge is 0.459 e. The number of nitrogens with zero attached hydrogens (tertiary/aromatic N) is 1. The summed E-state index contributed by atoms with van der Waals surface area (Å²) >= 11 is 0. The van der Waals surface area contributed by atoms with Crippen LogP contribution in [0.4, 0.5) is 5.69 Å². The van der Waals surface area contributed by atoms with Crippen molar-refractivity contribution in [3.63, 3.8) is 0 Å². The Labute approximate surface area is 175 Å². The maximum Gasteiger partial charge on any atom is 0.338 e. The van der Waals surface area contributed by atoms with E-state index in [1.807, 2.05) is 20.8 Å². The van der Waals surface area contributed by atoms with Crippen molar-refractivity contribution in [3.8, 4) is 0 Å². The van der Waals surface area contributed by atoms with E-state index in [9.17, 15) is 9.59 Å². The smallest absolute Gasteiger partial charge is 0.338 e. The zero-order valence-corrected chi connectivity index (χ0v) is 17.8. The second-order valence-electron chi connectivity index (χ2n) is 7.58. The van der Waals surface area contributed by atoms with Gasteiger partial charge in [0.15, 0.2) is 5.76 Å². The number of aromatic nitrogens is 1. The molecule has 3 rings (SSSR count). The number of carbonyl (C=O) groups is 2. The van der Waals surface area contributed by atoms with Gasteiger partial charge < -0.3 is 19.2 Å². The summed E-state index contributed by atoms with van der Waals surface area (Å²) in [5.74, 6) is -0.0721. The van der Waals surface area contributed by atoms with Crippen molar-refractivity contribution < 1.29 is 23.5 Å². The number of hydrogen-bond donors (Lipinski definition) is 1. The van der Waals surface area contributed by atoms with Gasteiger partial charge in [0.1, 0.15) is 12.4 Å². The van der Waals surface area contributed by atoms with E-state index in [4.69, 9.17) is 13.9 Å². The monoisotopic (exact) mass is 410 g/mol. The van der Waals surface area contributed by atoms with E-state index < -0.39 is 11.9 Å². The van der Waals surface area contributed by atoms with Gasteiger partial charge in [-0.15, -0.1) is 0 Å². The highest BCUT2D eigenvalue weighted by Crippen LogP contribution is 2.26. The maximum atomic E-state index is 12.7. The number of amides is 1. The first-order chi connectivity index (χ1) is 14.2. The number of ether oxygens (including phenoxy) is 2. The Bertz CT molecular complexity index is 1070. The molecule has 7 nitrogen and oxygen atoms in total. The Morgan fingerprint density at radius 3 is 2.53 bits per heavy atom. The van der Waals surface area contributed by atoms with Crippen LogP contribution in [-0.2, 0) is 16.1 Å². The minimum absolute atomic E-state index is 0.0649. The topological polar surface area (TPSA) is 90.7 Å². The van der Waals surface area contributed by atoms with Crippen LogP contribution in [0.1, 0.15) is 60.1 Å². The molecule has 0 saturated carbocycles. The summed E-state index contributed by atoms with van der Waals surface area (Å²) in [6.07, 6.45) is -0.161. The standard InChI is InChI=1S/C23H26N2O5/c1-13(2)28-12-17-7-9-21(30-17)22(26)25-20-10-15(5)24-19-8-6-16(11-18(19)20)23(27)29-14(3)4/h6-11,13-14H,12H2,1-5H3,(H,24,25,26). The summed E-state index contributed by atoms with van der Waals surface area (Å²) in [6, 6.07) is 10.2. The number of carbonyl (C=O) groups excluding carboxylic acids is 2. The Balaban J connectivity index is 1.87. The molecule has 0 unspecified atom stereocenters. The maximum absolute atomic E-state index is 12.7. The Hall–Kier alpha value is -3.19. The molecule has 0 aliphatic carbocycles. The summed E-state index contributed by atoms with van der Waals surface area (Å²) in [5, 5.41) is 3.50. The van der Waals surface area contributed by atoms with Crippen molar-refractivity contribution in [3.05, 3.63) is 59.2 Å². The predicted molar refractivity (Wildman–Crippen MR) is 114 cm³/mol. The predicted octanol–water partition coefficient (Wildman–Crippen LogP) is 4.88. The van der Waals surface area contributed by atoms with Gasteiger partial charge in [-0.3, -0.25) is 9.78 Å². The molecule has 158 valence electrons. The summed E-state index contributed by atoms with van der Waals surface area (Å²) in [7, 11) is 0. The first kappa shape index (κ1) is 21.5. The summed E-state index contributed by atoms with van der Waals surface area (Å²) < 4.78 is 16.4. The molecule has 7 heteroatoms. The molecule has 2 heterocycles. The number of furan rings is 1. The lowest BCUT2D eigenvalue weighted by atomic mass is 10.1. The minimum Gasteiger partial charge on any atom is -0.459 e. The van der Waals surface area contributed by atoms with Crippen molar-refractivity contribution in [1.29, 1.82) is 0 Å². The van der Waals surface area contributed by atoms with Crippen molar-refractivity contribution in [2.24, 2.45) is 0 Å². The number of nitrogens with one attached hydrogen (secondary N) is 1. The van der Waals surface area contributed by atoms with E-state index in [0.717, 1.165) is 5.69 Å². The molecule has 2 aromatic heterocycles. The van der Waals surface area contributed by atoms with Crippen LogP contribution in [0.25, 0.3) is 10.9 Å². The summed E-state index contributed by atoms with van der Waals surface area (Å²) in [5.41, 5.74) is 2.33. The van der Waals surface area contributed by atoms with Gasteiger partial charge in [-0.25, -0.2) is 4.79 Å². The highest BCUT2D eigenvalue weighted by molar-refractivity contribution is 6.08. The van der Waals surface area contributed by atoms with E-state index in [2.05, 4.69) is 10.3 Å². The molecular formula is C23H26N2O5. The van der Waals surface area contributed by atoms with Gasteiger partial charge >= 0.3 is 5.97 Å². The summed E-state index contributed by atoms with van der Waals surface area (Å²) in [6.45, 7) is 9.57. The lowest BCUT2D eigenvalue weighted by Gasteiger charge is -2.12. The Morgan fingerprint density at radius 1 is 1.07 bits per heavy atom.